The average molecular weight is 369 g/mol. The van der Waals surface area contributed by atoms with Crippen molar-refractivity contribution in [3.63, 3.8) is 0 Å². The zero-order valence-electron chi connectivity index (χ0n) is 12.4. The molecule has 21 heavy (non-hydrogen) atoms. The van der Waals surface area contributed by atoms with E-state index in [4.69, 9.17) is 16.3 Å². The number of halogens is 2. The summed E-state index contributed by atoms with van der Waals surface area (Å²) in [5, 5.41) is 4.16. The summed E-state index contributed by atoms with van der Waals surface area (Å²) in [6.07, 6.45) is 0. The second kappa shape index (κ2) is 7.30. The van der Waals surface area contributed by atoms with Crippen molar-refractivity contribution in [2.45, 2.75) is 33.4 Å². The summed E-state index contributed by atoms with van der Waals surface area (Å²) in [7, 11) is 0. The standard InChI is InChI=1S/C17H19BrClNO/c1-11(2)20-10-13-4-5-14(18)9-17(13)21-15-6-7-16(19)12(3)8-15/h4-9,11,20H,10H2,1-3H3. The Hall–Kier alpha value is -1.03. The number of hydrogen-bond donors (Lipinski definition) is 1. The van der Waals surface area contributed by atoms with Gasteiger partial charge in [-0.3, -0.25) is 0 Å². The Labute approximate surface area is 139 Å². The number of benzene rings is 2. The summed E-state index contributed by atoms with van der Waals surface area (Å²) in [6, 6.07) is 12.2. The smallest absolute Gasteiger partial charge is 0.133 e. The lowest BCUT2D eigenvalue weighted by atomic mass is 10.2. The van der Waals surface area contributed by atoms with Gasteiger partial charge in [-0.1, -0.05) is 47.4 Å². The Morgan fingerprint density at radius 2 is 1.95 bits per heavy atom. The Bertz CT molecular complexity index is 628. The third-order valence-electron chi connectivity index (χ3n) is 3.09. The molecule has 0 bridgehead atoms. The third-order valence-corrected chi connectivity index (χ3v) is 4.00. The second-order valence-electron chi connectivity index (χ2n) is 5.30. The molecule has 0 radical (unpaired) electrons. The minimum absolute atomic E-state index is 0.430. The number of ether oxygens (including phenoxy) is 1. The van der Waals surface area contributed by atoms with Gasteiger partial charge in [-0.05, 0) is 42.8 Å². The fourth-order valence-electron chi connectivity index (χ4n) is 1.89. The molecular formula is C17H19BrClNO. The number of rotatable bonds is 5. The minimum atomic E-state index is 0.430. The first kappa shape index (κ1) is 16.3. The molecule has 0 heterocycles. The minimum Gasteiger partial charge on any atom is -0.457 e. The van der Waals surface area contributed by atoms with Gasteiger partial charge in [0, 0.05) is 27.6 Å². The number of nitrogens with one attached hydrogen (secondary N) is 1. The predicted molar refractivity (Wildman–Crippen MR) is 92.4 cm³/mol. The zero-order chi connectivity index (χ0) is 15.4. The highest BCUT2D eigenvalue weighted by atomic mass is 79.9. The Morgan fingerprint density at radius 3 is 2.62 bits per heavy atom. The molecular weight excluding hydrogens is 350 g/mol. The van der Waals surface area contributed by atoms with Crippen molar-refractivity contribution in [3.8, 4) is 11.5 Å². The van der Waals surface area contributed by atoms with Crippen molar-refractivity contribution in [1.29, 1.82) is 0 Å². The van der Waals surface area contributed by atoms with Crippen LogP contribution >= 0.6 is 27.5 Å². The van der Waals surface area contributed by atoms with E-state index in [-0.39, 0.29) is 0 Å². The van der Waals surface area contributed by atoms with E-state index in [1.54, 1.807) is 0 Å². The van der Waals surface area contributed by atoms with Crippen LogP contribution in [0.3, 0.4) is 0 Å². The molecule has 0 aliphatic rings. The van der Waals surface area contributed by atoms with Gasteiger partial charge < -0.3 is 10.1 Å². The maximum absolute atomic E-state index is 6.05. The lowest BCUT2D eigenvalue weighted by molar-refractivity contribution is 0.469. The van der Waals surface area contributed by atoms with Gasteiger partial charge in [0.25, 0.3) is 0 Å². The first-order chi connectivity index (χ1) is 9.95. The molecule has 0 unspecified atom stereocenters. The van der Waals surface area contributed by atoms with E-state index >= 15 is 0 Å². The molecule has 0 aliphatic heterocycles. The van der Waals surface area contributed by atoms with Crippen LogP contribution in [0.2, 0.25) is 5.02 Å². The SMILES string of the molecule is Cc1cc(Oc2cc(Br)ccc2CNC(C)C)ccc1Cl. The van der Waals surface area contributed by atoms with Crippen LogP contribution in [-0.4, -0.2) is 6.04 Å². The van der Waals surface area contributed by atoms with Crippen LogP contribution in [0.15, 0.2) is 40.9 Å². The third kappa shape index (κ3) is 4.73. The van der Waals surface area contributed by atoms with Crippen LogP contribution in [0, 0.1) is 6.92 Å². The lowest BCUT2D eigenvalue weighted by Crippen LogP contribution is -2.22. The molecule has 0 aromatic heterocycles. The van der Waals surface area contributed by atoms with Gasteiger partial charge in [0.2, 0.25) is 0 Å². The molecule has 112 valence electrons. The van der Waals surface area contributed by atoms with Crippen LogP contribution in [0.5, 0.6) is 11.5 Å². The quantitative estimate of drug-likeness (QED) is 0.730. The second-order valence-corrected chi connectivity index (χ2v) is 6.62. The van der Waals surface area contributed by atoms with Crippen LogP contribution in [0.25, 0.3) is 0 Å². The van der Waals surface area contributed by atoms with Crippen molar-refractivity contribution < 1.29 is 4.74 Å². The Balaban J connectivity index is 2.24. The average Bonchev–Trinajstić information content (AvgIpc) is 2.42. The van der Waals surface area contributed by atoms with Crippen molar-refractivity contribution in [1.82, 2.24) is 5.32 Å². The summed E-state index contributed by atoms with van der Waals surface area (Å²) >= 11 is 9.55. The molecule has 2 rings (SSSR count). The molecule has 4 heteroatoms. The van der Waals surface area contributed by atoms with E-state index in [9.17, 15) is 0 Å². The van der Waals surface area contributed by atoms with E-state index < -0.39 is 0 Å². The molecule has 2 nitrogen and oxygen atoms in total. The van der Waals surface area contributed by atoms with Crippen LogP contribution in [0.4, 0.5) is 0 Å². The zero-order valence-corrected chi connectivity index (χ0v) is 14.8. The molecule has 0 atom stereocenters. The summed E-state index contributed by atoms with van der Waals surface area (Å²) in [5.41, 5.74) is 2.13. The molecule has 0 saturated carbocycles. The molecule has 0 saturated heterocycles. The van der Waals surface area contributed by atoms with E-state index in [0.29, 0.717) is 6.04 Å². The Kier molecular flexibility index (Phi) is 5.68. The Morgan fingerprint density at radius 1 is 1.19 bits per heavy atom. The van der Waals surface area contributed by atoms with E-state index in [1.165, 1.54) is 0 Å². The lowest BCUT2D eigenvalue weighted by Gasteiger charge is -2.14. The van der Waals surface area contributed by atoms with Gasteiger partial charge in [0.05, 0.1) is 0 Å². The van der Waals surface area contributed by atoms with Crippen molar-refractivity contribution in [2.24, 2.45) is 0 Å². The predicted octanol–water partition coefficient (Wildman–Crippen LogP) is 5.70. The molecule has 2 aromatic rings. The largest absolute Gasteiger partial charge is 0.457 e. The van der Waals surface area contributed by atoms with Gasteiger partial charge in [0.1, 0.15) is 11.5 Å². The van der Waals surface area contributed by atoms with Gasteiger partial charge in [-0.25, -0.2) is 0 Å². The van der Waals surface area contributed by atoms with Crippen LogP contribution in [0.1, 0.15) is 25.0 Å². The summed E-state index contributed by atoms with van der Waals surface area (Å²) < 4.78 is 7.03. The molecule has 0 fully saturated rings. The topological polar surface area (TPSA) is 21.3 Å². The fourth-order valence-corrected chi connectivity index (χ4v) is 2.35. The number of aryl methyl sites for hydroxylation is 1. The van der Waals surface area contributed by atoms with Gasteiger partial charge in [0.15, 0.2) is 0 Å². The fraction of sp³-hybridized carbons (Fsp3) is 0.294. The highest BCUT2D eigenvalue weighted by molar-refractivity contribution is 9.10. The van der Waals surface area contributed by atoms with Crippen molar-refractivity contribution in [3.05, 3.63) is 57.0 Å². The molecule has 1 N–H and O–H groups in total. The van der Waals surface area contributed by atoms with Crippen LogP contribution < -0.4 is 10.1 Å². The van der Waals surface area contributed by atoms with Gasteiger partial charge >= 0.3 is 0 Å². The molecule has 0 amide bonds. The monoisotopic (exact) mass is 367 g/mol. The molecule has 2 aromatic carbocycles. The first-order valence-electron chi connectivity index (χ1n) is 6.91. The highest BCUT2D eigenvalue weighted by Crippen LogP contribution is 2.30. The normalized spacial score (nSPS) is 11.0. The summed E-state index contributed by atoms with van der Waals surface area (Å²) in [6.45, 7) is 6.99. The first-order valence-corrected chi connectivity index (χ1v) is 8.08. The van der Waals surface area contributed by atoms with Crippen LogP contribution in [-0.2, 0) is 6.54 Å². The van der Waals surface area contributed by atoms with E-state index in [2.05, 4.69) is 41.2 Å². The molecule has 0 aliphatic carbocycles. The van der Waals surface area contributed by atoms with Crippen molar-refractivity contribution in [2.75, 3.05) is 0 Å². The molecule has 0 spiro atoms. The van der Waals surface area contributed by atoms with E-state index in [0.717, 1.165) is 38.7 Å². The van der Waals surface area contributed by atoms with Gasteiger partial charge in [-0.15, -0.1) is 0 Å². The highest BCUT2D eigenvalue weighted by Gasteiger charge is 2.08. The van der Waals surface area contributed by atoms with E-state index in [1.807, 2.05) is 37.3 Å². The summed E-state index contributed by atoms with van der Waals surface area (Å²) in [5.74, 6) is 1.64. The van der Waals surface area contributed by atoms with Crippen molar-refractivity contribution >= 4 is 27.5 Å². The maximum atomic E-state index is 6.05. The summed E-state index contributed by atoms with van der Waals surface area (Å²) in [4.78, 5) is 0. The van der Waals surface area contributed by atoms with Gasteiger partial charge in [-0.2, -0.15) is 0 Å². The number of hydrogen-bond acceptors (Lipinski definition) is 2. The maximum Gasteiger partial charge on any atom is 0.133 e.